The van der Waals surface area contributed by atoms with Crippen LogP contribution in [-0.2, 0) is 20.9 Å². The number of hydrogen-bond acceptors (Lipinski definition) is 6. The average Bonchev–Trinajstić information content (AvgIpc) is 3.05. The standard InChI is InChI=1S/C34H38N4O5/c35-31(36)26-10-6-24(7-11-26)25-8-12-27(13-9-25)32(39)37-29-16-14-28(15-17-29)33(40)43-30-18-20-38(21-19-30)34(41)42-22-23-4-2-1-3-5-23/h1-13,28-30H,14-22H2,(H3,35,36)(H,37,39)/t28-,29-. The third kappa shape index (κ3) is 8.00. The zero-order valence-corrected chi connectivity index (χ0v) is 24.2. The number of likely N-dealkylation sites (tertiary alicyclic amines) is 1. The molecule has 0 atom stereocenters. The van der Waals surface area contributed by atoms with Crippen LogP contribution >= 0.6 is 0 Å². The normalized spacial score (nSPS) is 18.8. The van der Waals surface area contributed by atoms with Gasteiger partial charge in [0.05, 0.1) is 5.92 Å². The highest BCUT2D eigenvalue weighted by molar-refractivity contribution is 5.96. The zero-order chi connectivity index (χ0) is 30.2. The van der Waals surface area contributed by atoms with E-state index in [0.717, 1.165) is 29.5 Å². The summed E-state index contributed by atoms with van der Waals surface area (Å²) in [5.41, 5.74) is 9.68. The number of nitrogen functional groups attached to an aromatic ring is 1. The quantitative estimate of drug-likeness (QED) is 0.188. The number of hydrogen-bond donors (Lipinski definition) is 3. The minimum absolute atomic E-state index is 0.0143. The molecule has 5 rings (SSSR count). The third-order valence-corrected chi connectivity index (χ3v) is 8.26. The number of amidine groups is 1. The van der Waals surface area contributed by atoms with Crippen LogP contribution in [0.2, 0.25) is 0 Å². The van der Waals surface area contributed by atoms with Crippen molar-refractivity contribution in [2.45, 2.75) is 57.3 Å². The van der Waals surface area contributed by atoms with Crippen LogP contribution in [0.1, 0.15) is 60.0 Å². The summed E-state index contributed by atoms with van der Waals surface area (Å²) >= 11 is 0. The van der Waals surface area contributed by atoms with E-state index in [9.17, 15) is 14.4 Å². The summed E-state index contributed by atoms with van der Waals surface area (Å²) in [6.45, 7) is 1.23. The van der Waals surface area contributed by atoms with Crippen molar-refractivity contribution in [1.82, 2.24) is 10.2 Å². The summed E-state index contributed by atoms with van der Waals surface area (Å²) in [5.74, 6) is -0.447. The Labute approximate surface area is 251 Å². The van der Waals surface area contributed by atoms with Gasteiger partial charge in [-0.05, 0) is 54.5 Å². The predicted octanol–water partition coefficient (Wildman–Crippen LogP) is 5.27. The molecule has 0 spiro atoms. The molecule has 2 amide bonds. The van der Waals surface area contributed by atoms with E-state index in [2.05, 4.69) is 5.32 Å². The van der Waals surface area contributed by atoms with Crippen molar-refractivity contribution < 1.29 is 23.9 Å². The molecule has 224 valence electrons. The molecule has 3 aromatic rings. The molecule has 0 bridgehead atoms. The zero-order valence-electron chi connectivity index (χ0n) is 24.2. The maximum absolute atomic E-state index is 12.9. The molecule has 1 aliphatic carbocycles. The smallest absolute Gasteiger partial charge is 0.410 e. The lowest BCUT2D eigenvalue weighted by Crippen LogP contribution is -2.43. The van der Waals surface area contributed by atoms with Crippen molar-refractivity contribution in [2.75, 3.05) is 13.1 Å². The summed E-state index contributed by atoms with van der Waals surface area (Å²) in [7, 11) is 0. The number of benzene rings is 3. The van der Waals surface area contributed by atoms with E-state index in [-0.39, 0.29) is 48.5 Å². The van der Waals surface area contributed by atoms with Gasteiger partial charge in [0.2, 0.25) is 0 Å². The van der Waals surface area contributed by atoms with E-state index in [0.29, 0.717) is 49.9 Å². The van der Waals surface area contributed by atoms with Gasteiger partial charge in [-0.3, -0.25) is 15.0 Å². The molecule has 1 aliphatic heterocycles. The van der Waals surface area contributed by atoms with Crippen LogP contribution in [-0.4, -0.2) is 53.9 Å². The molecule has 4 N–H and O–H groups in total. The van der Waals surface area contributed by atoms with Crippen LogP contribution in [0.25, 0.3) is 11.1 Å². The lowest BCUT2D eigenvalue weighted by Gasteiger charge is -2.33. The van der Waals surface area contributed by atoms with Crippen LogP contribution in [0.15, 0.2) is 78.9 Å². The van der Waals surface area contributed by atoms with Gasteiger partial charge in [-0.25, -0.2) is 4.79 Å². The molecular formula is C34H38N4O5. The fourth-order valence-electron chi connectivity index (χ4n) is 5.63. The SMILES string of the molecule is N=C(N)c1ccc(-c2ccc(C(=O)N[C@H]3CC[C@H](C(=O)OC4CCN(C(=O)OCc5ccccc5)CC4)CC3)cc2)cc1. The van der Waals surface area contributed by atoms with Gasteiger partial charge in [0, 0.05) is 43.1 Å². The van der Waals surface area contributed by atoms with E-state index in [1.165, 1.54) is 0 Å². The van der Waals surface area contributed by atoms with Crippen molar-refractivity contribution in [1.29, 1.82) is 5.41 Å². The number of ether oxygens (including phenoxy) is 2. The first-order valence-corrected chi connectivity index (χ1v) is 14.9. The van der Waals surface area contributed by atoms with Crippen molar-refractivity contribution in [3.63, 3.8) is 0 Å². The summed E-state index contributed by atoms with van der Waals surface area (Å²) in [6, 6.07) is 24.4. The van der Waals surface area contributed by atoms with Gasteiger partial charge in [-0.15, -0.1) is 0 Å². The van der Waals surface area contributed by atoms with Gasteiger partial charge in [-0.2, -0.15) is 0 Å². The van der Waals surface area contributed by atoms with E-state index in [1.807, 2.05) is 54.6 Å². The minimum Gasteiger partial charge on any atom is -0.462 e. The van der Waals surface area contributed by atoms with Crippen LogP contribution in [0.5, 0.6) is 0 Å². The molecule has 43 heavy (non-hydrogen) atoms. The Hall–Kier alpha value is -4.66. The van der Waals surface area contributed by atoms with Gasteiger partial charge in [0.1, 0.15) is 18.5 Å². The average molecular weight is 583 g/mol. The number of piperidine rings is 1. The molecule has 0 aromatic heterocycles. The number of nitrogens with two attached hydrogens (primary N) is 1. The molecule has 0 unspecified atom stereocenters. The van der Waals surface area contributed by atoms with Crippen molar-refractivity contribution in [3.05, 3.63) is 95.6 Å². The third-order valence-electron chi connectivity index (χ3n) is 8.26. The molecule has 2 aliphatic rings. The molecule has 9 heteroatoms. The van der Waals surface area contributed by atoms with Gasteiger partial charge in [-0.1, -0.05) is 66.7 Å². The van der Waals surface area contributed by atoms with Crippen LogP contribution < -0.4 is 11.1 Å². The molecule has 2 fully saturated rings. The van der Waals surface area contributed by atoms with Crippen molar-refractivity contribution in [2.24, 2.45) is 11.7 Å². The number of nitrogens with one attached hydrogen (secondary N) is 2. The number of carbonyl (C=O) groups is 3. The fraction of sp³-hybridized carbons (Fsp3) is 0.353. The summed E-state index contributed by atoms with van der Waals surface area (Å²) in [5, 5.41) is 10.6. The Bertz CT molecular complexity index is 1410. The Morgan fingerprint density at radius 2 is 1.37 bits per heavy atom. The highest BCUT2D eigenvalue weighted by atomic mass is 16.6. The molecule has 1 saturated carbocycles. The van der Waals surface area contributed by atoms with Crippen molar-refractivity contribution in [3.8, 4) is 11.1 Å². The minimum atomic E-state index is -0.342. The lowest BCUT2D eigenvalue weighted by atomic mass is 9.86. The van der Waals surface area contributed by atoms with Crippen LogP contribution in [0, 0.1) is 11.3 Å². The number of rotatable bonds is 8. The van der Waals surface area contributed by atoms with E-state index in [1.54, 1.807) is 29.2 Å². The summed E-state index contributed by atoms with van der Waals surface area (Å²) in [6.07, 6.45) is 3.44. The maximum atomic E-state index is 12.9. The molecule has 1 heterocycles. The van der Waals surface area contributed by atoms with Gasteiger partial charge in [0.25, 0.3) is 5.91 Å². The Balaban J connectivity index is 1.01. The monoisotopic (exact) mass is 582 g/mol. The largest absolute Gasteiger partial charge is 0.462 e. The van der Waals surface area contributed by atoms with E-state index >= 15 is 0 Å². The first-order valence-electron chi connectivity index (χ1n) is 14.9. The van der Waals surface area contributed by atoms with Gasteiger partial charge < -0.3 is 25.4 Å². The second kappa shape index (κ2) is 14.0. The van der Waals surface area contributed by atoms with Crippen LogP contribution in [0.3, 0.4) is 0 Å². The van der Waals surface area contributed by atoms with Crippen LogP contribution in [0.4, 0.5) is 4.79 Å². The topological polar surface area (TPSA) is 135 Å². The predicted molar refractivity (Wildman–Crippen MR) is 163 cm³/mol. The molecule has 1 saturated heterocycles. The summed E-state index contributed by atoms with van der Waals surface area (Å²) < 4.78 is 11.2. The van der Waals surface area contributed by atoms with E-state index in [4.69, 9.17) is 20.6 Å². The maximum Gasteiger partial charge on any atom is 0.410 e. The lowest BCUT2D eigenvalue weighted by molar-refractivity contribution is -0.157. The number of amides is 2. The molecule has 9 nitrogen and oxygen atoms in total. The first kappa shape index (κ1) is 29.8. The number of esters is 1. The highest BCUT2D eigenvalue weighted by Gasteiger charge is 2.32. The van der Waals surface area contributed by atoms with E-state index < -0.39 is 0 Å². The van der Waals surface area contributed by atoms with Crippen molar-refractivity contribution >= 4 is 23.8 Å². The summed E-state index contributed by atoms with van der Waals surface area (Å²) in [4.78, 5) is 39.8. The second-order valence-corrected chi connectivity index (χ2v) is 11.3. The molecule has 0 radical (unpaired) electrons. The number of carbonyl (C=O) groups excluding carboxylic acids is 3. The fourth-order valence-corrected chi connectivity index (χ4v) is 5.63. The van der Waals surface area contributed by atoms with Gasteiger partial charge in [0.15, 0.2) is 0 Å². The Kier molecular flexibility index (Phi) is 9.71. The number of nitrogens with zero attached hydrogens (tertiary/aromatic N) is 1. The first-order chi connectivity index (χ1) is 20.9. The molecule has 3 aromatic carbocycles. The Morgan fingerprint density at radius 1 is 0.791 bits per heavy atom. The second-order valence-electron chi connectivity index (χ2n) is 11.3. The highest BCUT2D eigenvalue weighted by Crippen LogP contribution is 2.28. The van der Waals surface area contributed by atoms with Gasteiger partial charge >= 0.3 is 12.1 Å². The Morgan fingerprint density at radius 3 is 1.95 bits per heavy atom. The molecular weight excluding hydrogens is 544 g/mol.